The quantitative estimate of drug-likeness (QED) is 0.0437. The predicted molar refractivity (Wildman–Crippen MR) is 241 cm³/mol. The van der Waals surface area contributed by atoms with Crippen LogP contribution in [-0.4, -0.2) is 84.1 Å². The molecule has 59 heavy (non-hydrogen) atoms. The summed E-state index contributed by atoms with van der Waals surface area (Å²) in [6.45, 7) is 6.15. The van der Waals surface area contributed by atoms with Crippen molar-refractivity contribution in [2.24, 2.45) is 0 Å². The monoisotopic (exact) mass is 832 g/mol. The molecule has 342 valence electrons. The number of carbonyl (C=O) groups is 4. The molecule has 0 aromatic carbocycles. The average molecular weight is 832 g/mol. The zero-order chi connectivity index (χ0) is 43.2. The van der Waals surface area contributed by atoms with Gasteiger partial charge in [0.25, 0.3) is 0 Å². The Hall–Kier alpha value is -2.95. The lowest BCUT2D eigenvalue weighted by Crippen LogP contribution is -2.53. The maximum Gasteiger partial charge on any atom is 0.306 e. The van der Waals surface area contributed by atoms with Crippen LogP contribution in [0.4, 0.5) is 0 Å². The van der Waals surface area contributed by atoms with E-state index in [0.717, 1.165) is 38.5 Å². The molecule has 3 N–H and O–H groups in total. The number of unbranched alkanes of at least 4 members (excludes halogenated alkanes) is 26. The van der Waals surface area contributed by atoms with Gasteiger partial charge in [-0.15, -0.1) is 0 Å². The van der Waals surface area contributed by atoms with Gasteiger partial charge < -0.3 is 30.0 Å². The van der Waals surface area contributed by atoms with Gasteiger partial charge in [-0.3, -0.25) is 19.2 Å². The molecule has 0 saturated carbocycles. The summed E-state index contributed by atoms with van der Waals surface area (Å²) >= 11 is 0. The van der Waals surface area contributed by atoms with Gasteiger partial charge in [-0.1, -0.05) is 181 Å². The van der Waals surface area contributed by atoms with Gasteiger partial charge in [-0.05, 0) is 19.9 Å². The Morgan fingerprint density at radius 1 is 0.627 bits per heavy atom. The molecule has 1 aromatic rings. The van der Waals surface area contributed by atoms with E-state index in [-0.39, 0.29) is 49.7 Å². The summed E-state index contributed by atoms with van der Waals surface area (Å²) in [4.78, 5) is 60.7. The number of imidazole rings is 1. The van der Waals surface area contributed by atoms with Crippen LogP contribution in [0.1, 0.15) is 219 Å². The molecule has 1 aromatic heterocycles. The van der Waals surface area contributed by atoms with E-state index in [9.17, 15) is 19.2 Å². The van der Waals surface area contributed by atoms with Gasteiger partial charge in [-0.25, -0.2) is 4.98 Å². The van der Waals surface area contributed by atoms with E-state index in [2.05, 4.69) is 34.4 Å². The average Bonchev–Trinajstić information content (AvgIpc) is 3.73. The number of hydrogen-bond acceptors (Lipinski definition) is 8. The van der Waals surface area contributed by atoms with Crippen LogP contribution in [0.5, 0.6) is 0 Å². The molecule has 0 saturated heterocycles. The minimum atomic E-state index is -0.888. The fourth-order valence-corrected chi connectivity index (χ4v) is 7.75. The third kappa shape index (κ3) is 30.7. The molecule has 1 rings (SSSR count). The third-order valence-electron chi connectivity index (χ3n) is 11.3. The summed E-state index contributed by atoms with van der Waals surface area (Å²) in [5, 5.41) is 5.83. The minimum absolute atomic E-state index is 0.000851. The highest BCUT2D eigenvalue weighted by atomic mass is 16.6. The van der Waals surface area contributed by atoms with Crippen molar-refractivity contribution in [3.05, 3.63) is 18.2 Å². The summed E-state index contributed by atoms with van der Waals surface area (Å²) < 4.78 is 12.0. The van der Waals surface area contributed by atoms with Crippen LogP contribution in [0.25, 0.3) is 0 Å². The highest BCUT2D eigenvalue weighted by Gasteiger charge is 2.33. The van der Waals surface area contributed by atoms with Gasteiger partial charge in [0.15, 0.2) is 12.2 Å². The number of carbonyl (C=O) groups excluding carboxylic acids is 4. The molecule has 0 fully saturated rings. The van der Waals surface area contributed by atoms with Crippen molar-refractivity contribution >= 4 is 23.8 Å². The van der Waals surface area contributed by atoms with Crippen molar-refractivity contribution in [2.45, 2.75) is 238 Å². The summed E-state index contributed by atoms with van der Waals surface area (Å²) in [5.41, 5.74) is 0.701. The van der Waals surface area contributed by atoms with E-state index in [1.807, 2.05) is 0 Å². The smallest absolute Gasteiger partial charge is 0.306 e. The fourth-order valence-electron chi connectivity index (χ4n) is 7.75. The second-order valence-corrected chi connectivity index (χ2v) is 17.1. The van der Waals surface area contributed by atoms with Gasteiger partial charge in [0.1, 0.15) is 6.04 Å². The predicted octanol–water partition coefficient (Wildman–Crippen LogP) is 10.7. The number of ether oxygens (including phenoxy) is 2. The van der Waals surface area contributed by atoms with Crippen LogP contribution < -0.4 is 10.6 Å². The number of aromatic nitrogens is 2. The Morgan fingerprint density at radius 3 is 1.37 bits per heavy atom. The molecule has 1 heterocycles. The molecule has 0 spiro atoms. The Morgan fingerprint density at radius 2 is 1.02 bits per heavy atom. The topological polar surface area (TPSA) is 143 Å². The highest BCUT2D eigenvalue weighted by molar-refractivity contribution is 5.87. The van der Waals surface area contributed by atoms with Gasteiger partial charge in [0.2, 0.25) is 11.8 Å². The number of nitrogens with one attached hydrogen (secondary N) is 3. The zero-order valence-electron chi connectivity index (χ0n) is 38.6. The summed E-state index contributed by atoms with van der Waals surface area (Å²) in [6, 6.07) is -0.851. The van der Waals surface area contributed by atoms with E-state index >= 15 is 0 Å². The Balaban J connectivity index is 2.65. The SMILES string of the molecule is CCCCCCCCCCCCCCCCC(=O)OC(CNC)C(CN(C)C(=O)C(Cc1cnc[nH]1)NC(C)=O)OC(=O)CCCCCCCCCCCCCCCC. The summed E-state index contributed by atoms with van der Waals surface area (Å²) in [6.07, 6.45) is 36.8. The van der Waals surface area contributed by atoms with Crippen molar-refractivity contribution in [1.82, 2.24) is 25.5 Å². The molecule has 11 heteroatoms. The van der Waals surface area contributed by atoms with Crippen molar-refractivity contribution in [3.63, 3.8) is 0 Å². The van der Waals surface area contributed by atoms with E-state index in [4.69, 9.17) is 9.47 Å². The lowest BCUT2D eigenvalue weighted by Gasteiger charge is -2.32. The Labute approximate surface area is 360 Å². The number of nitrogens with zero attached hydrogens (tertiary/aromatic N) is 2. The molecular weight excluding hydrogens is 743 g/mol. The first kappa shape index (κ1) is 54.1. The van der Waals surface area contributed by atoms with Crippen LogP contribution in [0, 0.1) is 0 Å². The van der Waals surface area contributed by atoms with Crippen LogP contribution >= 0.6 is 0 Å². The zero-order valence-corrected chi connectivity index (χ0v) is 38.6. The van der Waals surface area contributed by atoms with Crippen molar-refractivity contribution in [2.75, 3.05) is 27.2 Å². The molecule has 0 aliphatic carbocycles. The normalized spacial score (nSPS) is 12.8. The maximum atomic E-state index is 13.7. The summed E-state index contributed by atoms with van der Waals surface area (Å²) in [7, 11) is 3.37. The van der Waals surface area contributed by atoms with Gasteiger partial charge in [-0.2, -0.15) is 0 Å². The molecule has 3 unspecified atom stereocenters. The number of amides is 2. The van der Waals surface area contributed by atoms with Crippen molar-refractivity contribution in [3.8, 4) is 0 Å². The van der Waals surface area contributed by atoms with E-state index in [0.29, 0.717) is 12.1 Å². The number of hydrogen-bond donors (Lipinski definition) is 3. The van der Waals surface area contributed by atoms with Crippen LogP contribution in [-0.2, 0) is 35.1 Å². The lowest BCUT2D eigenvalue weighted by atomic mass is 10.0. The molecule has 2 amide bonds. The van der Waals surface area contributed by atoms with Crippen LogP contribution in [0.2, 0.25) is 0 Å². The second kappa shape index (κ2) is 38.0. The first-order chi connectivity index (χ1) is 28.7. The number of aromatic amines is 1. The van der Waals surface area contributed by atoms with Gasteiger partial charge in [0.05, 0.1) is 12.9 Å². The Kier molecular flexibility index (Phi) is 34.8. The van der Waals surface area contributed by atoms with Gasteiger partial charge in [0, 0.05) is 51.7 Å². The molecular formula is C48H89N5O6. The molecule has 0 aliphatic heterocycles. The minimum Gasteiger partial charge on any atom is -0.457 e. The van der Waals surface area contributed by atoms with Crippen LogP contribution in [0.15, 0.2) is 12.5 Å². The number of H-pyrrole nitrogens is 1. The molecule has 11 nitrogen and oxygen atoms in total. The first-order valence-electron chi connectivity index (χ1n) is 24.2. The maximum absolute atomic E-state index is 13.7. The molecule has 0 aliphatic rings. The highest BCUT2D eigenvalue weighted by Crippen LogP contribution is 2.17. The second-order valence-electron chi connectivity index (χ2n) is 17.1. The largest absolute Gasteiger partial charge is 0.457 e. The van der Waals surface area contributed by atoms with Crippen LogP contribution in [0.3, 0.4) is 0 Å². The third-order valence-corrected chi connectivity index (χ3v) is 11.3. The molecule has 3 atom stereocenters. The number of likely N-dealkylation sites (N-methyl/N-ethyl adjacent to an activating group) is 2. The Bertz CT molecular complexity index is 1160. The van der Waals surface area contributed by atoms with E-state index < -0.39 is 18.2 Å². The van der Waals surface area contributed by atoms with E-state index in [1.165, 1.54) is 159 Å². The molecule has 0 radical (unpaired) electrons. The fraction of sp³-hybridized carbons (Fsp3) is 0.854. The number of rotatable bonds is 41. The summed E-state index contributed by atoms with van der Waals surface area (Å²) in [5.74, 6) is -1.38. The lowest BCUT2D eigenvalue weighted by molar-refractivity contribution is -0.170. The van der Waals surface area contributed by atoms with Crippen molar-refractivity contribution < 1.29 is 28.7 Å². The van der Waals surface area contributed by atoms with Crippen molar-refractivity contribution in [1.29, 1.82) is 0 Å². The number of esters is 2. The standard InChI is InChI=1S/C48H89N5O6/c1-6-8-10-12-14-16-18-20-22-24-26-28-30-32-34-46(55)58-44(38-49-4)45(39-53(5)48(57)43(52-41(3)54)36-42-37-50-40-51-42)59-47(56)35-33-31-29-27-25-23-21-19-17-15-13-11-9-7-2/h37,40,43-45,49H,6-36,38-39H2,1-5H3,(H,50,51)(H,52,54). The first-order valence-corrected chi connectivity index (χ1v) is 24.2. The molecule has 0 bridgehead atoms. The van der Waals surface area contributed by atoms with Gasteiger partial charge >= 0.3 is 11.9 Å². The van der Waals surface area contributed by atoms with E-state index in [1.54, 1.807) is 20.3 Å².